The largest absolute Gasteiger partial charge is 0.394 e. The summed E-state index contributed by atoms with van der Waals surface area (Å²) in [6.45, 7) is 6.35. The van der Waals surface area contributed by atoms with Crippen LogP contribution in [-0.4, -0.2) is 36.9 Å². The van der Waals surface area contributed by atoms with Gasteiger partial charge in [-0.15, -0.1) is 0 Å². The topological polar surface area (TPSA) is 44.3 Å². The summed E-state index contributed by atoms with van der Waals surface area (Å²) in [6.07, 6.45) is 0.691. The van der Waals surface area contributed by atoms with E-state index in [1.54, 1.807) is 6.07 Å². The molecule has 0 aliphatic rings. The second-order valence-electron chi connectivity index (χ2n) is 5.06. The predicted octanol–water partition coefficient (Wildman–Crippen LogP) is 1.32. The number of benzene rings is 1. The van der Waals surface area contributed by atoms with Gasteiger partial charge in [0, 0.05) is 18.6 Å². The van der Waals surface area contributed by atoms with Crippen molar-refractivity contribution in [3.63, 3.8) is 0 Å². The number of rotatable bonds is 8. The lowest BCUT2D eigenvalue weighted by molar-refractivity contribution is 0.189. The third-order valence-corrected chi connectivity index (χ3v) is 2.83. The summed E-state index contributed by atoms with van der Waals surface area (Å²) >= 11 is 0. The third kappa shape index (κ3) is 5.58. The van der Waals surface area contributed by atoms with Crippen molar-refractivity contribution in [3.05, 3.63) is 35.6 Å². The molecule has 0 saturated carbocycles. The van der Waals surface area contributed by atoms with E-state index in [1.165, 1.54) is 6.07 Å². The van der Waals surface area contributed by atoms with Gasteiger partial charge in [0.2, 0.25) is 0 Å². The molecule has 18 heavy (non-hydrogen) atoms. The molecule has 0 spiro atoms. The van der Waals surface area contributed by atoms with Gasteiger partial charge in [0.15, 0.2) is 0 Å². The standard InChI is InChI=1S/C14H23FN2O/c1-14(2,11-18)17-10-9-16-8-7-12-5-3-4-6-13(12)15/h3-6,16-18H,7-11H2,1-2H3. The van der Waals surface area contributed by atoms with E-state index in [4.69, 9.17) is 5.11 Å². The van der Waals surface area contributed by atoms with Crippen LogP contribution in [0.3, 0.4) is 0 Å². The van der Waals surface area contributed by atoms with Crippen LogP contribution in [0.1, 0.15) is 19.4 Å². The fraction of sp³-hybridized carbons (Fsp3) is 0.571. The second-order valence-corrected chi connectivity index (χ2v) is 5.06. The Labute approximate surface area is 108 Å². The summed E-state index contributed by atoms with van der Waals surface area (Å²) in [4.78, 5) is 0. The van der Waals surface area contributed by atoms with E-state index in [-0.39, 0.29) is 18.0 Å². The quantitative estimate of drug-likeness (QED) is 0.613. The predicted molar refractivity (Wildman–Crippen MR) is 72.1 cm³/mol. The van der Waals surface area contributed by atoms with E-state index >= 15 is 0 Å². The van der Waals surface area contributed by atoms with E-state index in [2.05, 4.69) is 10.6 Å². The van der Waals surface area contributed by atoms with E-state index < -0.39 is 0 Å². The zero-order chi connectivity index (χ0) is 13.4. The van der Waals surface area contributed by atoms with Crippen molar-refractivity contribution in [2.75, 3.05) is 26.2 Å². The minimum Gasteiger partial charge on any atom is -0.394 e. The summed E-state index contributed by atoms with van der Waals surface area (Å²) in [6, 6.07) is 6.85. The zero-order valence-electron chi connectivity index (χ0n) is 11.2. The normalized spacial score (nSPS) is 11.8. The summed E-state index contributed by atoms with van der Waals surface area (Å²) in [7, 11) is 0. The van der Waals surface area contributed by atoms with Gasteiger partial charge >= 0.3 is 0 Å². The van der Waals surface area contributed by atoms with Crippen molar-refractivity contribution in [1.82, 2.24) is 10.6 Å². The van der Waals surface area contributed by atoms with Crippen molar-refractivity contribution in [2.24, 2.45) is 0 Å². The number of aliphatic hydroxyl groups is 1. The average Bonchev–Trinajstić information content (AvgIpc) is 2.35. The van der Waals surface area contributed by atoms with Crippen molar-refractivity contribution in [2.45, 2.75) is 25.8 Å². The Morgan fingerprint density at radius 3 is 2.56 bits per heavy atom. The van der Waals surface area contributed by atoms with Gasteiger partial charge in [0.05, 0.1) is 6.61 Å². The second kappa shape index (κ2) is 7.46. The Morgan fingerprint density at radius 2 is 1.89 bits per heavy atom. The highest BCUT2D eigenvalue weighted by Crippen LogP contribution is 2.05. The molecule has 1 aromatic carbocycles. The Hall–Kier alpha value is -0.970. The first-order valence-electron chi connectivity index (χ1n) is 6.35. The number of aliphatic hydroxyl groups excluding tert-OH is 1. The van der Waals surface area contributed by atoms with Crippen molar-refractivity contribution < 1.29 is 9.50 Å². The molecule has 0 atom stereocenters. The summed E-state index contributed by atoms with van der Waals surface area (Å²) in [5.74, 6) is -0.140. The Morgan fingerprint density at radius 1 is 1.17 bits per heavy atom. The van der Waals surface area contributed by atoms with Crippen molar-refractivity contribution >= 4 is 0 Å². The molecule has 4 heteroatoms. The molecule has 0 aliphatic heterocycles. The molecule has 1 aromatic rings. The first kappa shape index (κ1) is 15.1. The fourth-order valence-corrected chi connectivity index (χ4v) is 1.59. The smallest absolute Gasteiger partial charge is 0.126 e. The van der Waals surface area contributed by atoms with Crippen LogP contribution < -0.4 is 10.6 Å². The molecule has 3 N–H and O–H groups in total. The molecule has 0 fully saturated rings. The molecule has 0 bridgehead atoms. The lowest BCUT2D eigenvalue weighted by atomic mass is 10.1. The molecule has 3 nitrogen and oxygen atoms in total. The average molecular weight is 254 g/mol. The molecular weight excluding hydrogens is 231 g/mol. The number of nitrogens with one attached hydrogen (secondary N) is 2. The summed E-state index contributed by atoms with van der Waals surface area (Å²) in [5, 5.41) is 15.5. The summed E-state index contributed by atoms with van der Waals surface area (Å²) < 4.78 is 13.3. The zero-order valence-corrected chi connectivity index (χ0v) is 11.2. The van der Waals surface area contributed by atoms with Crippen LogP contribution in [0.25, 0.3) is 0 Å². The molecule has 1 rings (SSSR count). The lowest BCUT2D eigenvalue weighted by Gasteiger charge is -2.23. The van der Waals surface area contributed by atoms with Gasteiger partial charge < -0.3 is 15.7 Å². The van der Waals surface area contributed by atoms with Gasteiger partial charge in [0.1, 0.15) is 5.82 Å². The highest BCUT2D eigenvalue weighted by molar-refractivity contribution is 5.17. The lowest BCUT2D eigenvalue weighted by Crippen LogP contribution is -2.45. The third-order valence-electron chi connectivity index (χ3n) is 2.83. The highest BCUT2D eigenvalue weighted by Gasteiger charge is 2.13. The van der Waals surface area contributed by atoms with Crippen LogP contribution in [0.5, 0.6) is 0 Å². The Balaban J connectivity index is 2.11. The molecule has 0 saturated heterocycles. The van der Waals surface area contributed by atoms with Gasteiger partial charge in [-0.25, -0.2) is 4.39 Å². The highest BCUT2D eigenvalue weighted by atomic mass is 19.1. The van der Waals surface area contributed by atoms with E-state index in [0.717, 1.165) is 25.2 Å². The van der Waals surface area contributed by atoms with Gasteiger partial charge in [0.25, 0.3) is 0 Å². The molecule has 0 amide bonds. The Kier molecular flexibility index (Phi) is 6.25. The molecule has 0 unspecified atom stereocenters. The van der Waals surface area contributed by atoms with Gasteiger partial charge in [-0.2, -0.15) is 0 Å². The molecule has 102 valence electrons. The maximum Gasteiger partial charge on any atom is 0.126 e. The molecule has 0 radical (unpaired) electrons. The van der Waals surface area contributed by atoms with Gasteiger partial charge in [-0.1, -0.05) is 18.2 Å². The number of hydrogen-bond donors (Lipinski definition) is 3. The summed E-state index contributed by atoms with van der Waals surface area (Å²) in [5.41, 5.74) is 0.501. The molecule has 0 aliphatic carbocycles. The molecule has 0 aromatic heterocycles. The first-order chi connectivity index (χ1) is 8.55. The van der Waals surface area contributed by atoms with E-state index in [0.29, 0.717) is 6.42 Å². The van der Waals surface area contributed by atoms with Gasteiger partial charge in [-0.05, 0) is 38.4 Å². The van der Waals surface area contributed by atoms with Crippen LogP contribution in [0.15, 0.2) is 24.3 Å². The SMILES string of the molecule is CC(C)(CO)NCCNCCc1ccccc1F. The first-order valence-corrected chi connectivity index (χ1v) is 6.35. The fourth-order valence-electron chi connectivity index (χ4n) is 1.59. The van der Waals surface area contributed by atoms with Crippen molar-refractivity contribution in [3.8, 4) is 0 Å². The maximum atomic E-state index is 13.3. The van der Waals surface area contributed by atoms with Crippen LogP contribution in [0.2, 0.25) is 0 Å². The van der Waals surface area contributed by atoms with Gasteiger partial charge in [-0.3, -0.25) is 0 Å². The van der Waals surface area contributed by atoms with Crippen LogP contribution in [0.4, 0.5) is 4.39 Å². The van der Waals surface area contributed by atoms with Crippen LogP contribution in [0, 0.1) is 5.82 Å². The monoisotopic (exact) mass is 254 g/mol. The molecular formula is C14H23FN2O. The maximum absolute atomic E-state index is 13.3. The Bertz CT molecular complexity index is 355. The van der Waals surface area contributed by atoms with E-state index in [1.807, 2.05) is 26.0 Å². The number of hydrogen-bond acceptors (Lipinski definition) is 3. The van der Waals surface area contributed by atoms with E-state index in [9.17, 15) is 4.39 Å². The van der Waals surface area contributed by atoms with Crippen LogP contribution >= 0.6 is 0 Å². The van der Waals surface area contributed by atoms with Crippen LogP contribution in [-0.2, 0) is 6.42 Å². The minimum atomic E-state index is -0.243. The minimum absolute atomic E-state index is 0.113. The van der Waals surface area contributed by atoms with Crippen molar-refractivity contribution in [1.29, 1.82) is 0 Å². The molecule has 0 heterocycles. The number of halogens is 1.